The molecule has 0 saturated carbocycles. The van der Waals surface area contributed by atoms with Crippen molar-refractivity contribution in [2.75, 3.05) is 6.54 Å². The first-order valence-electron chi connectivity index (χ1n) is 7.29. The number of aryl methyl sites for hydroxylation is 2. The van der Waals surface area contributed by atoms with E-state index in [1.165, 1.54) is 5.56 Å². The van der Waals surface area contributed by atoms with Gasteiger partial charge in [-0.25, -0.2) is 0 Å². The molecule has 1 unspecified atom stereocenters. The number of nitrogens with one attached hydrogen (secondary N) is 1. The zero-order valence-electron chi connectivity index (χ0n) is 12.7. The minimum atomic E-state index is -0.00440. The molecule has 1 aromatic carbocycles. The Kier molecular flexibility index (Phi) is 5.68. The van der Waals surface area contributed by atoms with Crippen molar-refractivity contribution in [1.29, 1.82) is 0 Å². The molecule has 5 heteroatoms. The SMILES string of the molecule is CCCn1ncc(Cl)c1C(NCC)c1cc(Cl)ccc1C. The summed E-state index contributed by atoms with van der Waals surface area (Å²) in [7, 11) is 0. The zero-order chi connectivity index (χ0) is 15.4. The molecule has 3 nitrogen and oxygen atoms in total. The van der Waals surface area contributed by atoms with Crippen LogP contribution in [0.2, 0.25) is 10.0 Å². The summed E-state index contributed by atoms with van der Waals surface area (Å²) in [6, 6.07) is 5.95. The highest BCUT2D eigenvalue weighted by Crippen LogP contribution is 2.31. The fourth-order valence-electron chi connectivity index (χ4n) is 2.53. The molecule has 0 bridgehead atoms. The highest BCUT2D eigenvalue weighted by Gasteiger charge is 2.22. The van der Waals surface area contributed by atoms with Crippen LogP contribution >= 0.6 is 23.2 Å². The third kappa shape index (κ3) is 3.60. The quantitative estimate of drug-likeness (QED) is 0.840. The molecule has 2 aromatic rings. The van der Waals surface area contributed by atoms with E-state index in [0.29, 0.717) is 5.02 Å². The molecule has 114 valence electrons. The van der Waals surface area contributed by atoms with Crippen molar-refractivity contribution in [3.05, 3.63) is 51.3 Å². The van der Waals surface area contributed by atoms with Crippen LogP contribution in [-0.2, 0) is 6.54 Å². The molecule has 1 aromatic heterocycles. The second kappa shape index (κ2) is 7.30. The monoisotopic (exact) mass is 325 g/mol. The highest BCUT2D eigenvalue weighted by atomic mass is 35.5. The summed E-state index contributed by atoms with van der Waals surface area (Å²) in [6.45, 7) is 7.99. The van der Waals surface area contributed by atoms with Crippen LogP contribution in [-0.4, -0.2) is 16.3 Å². The number of halogens is 2. The van der Waals surface area contributed by atoms with Gasteiger partial charge in [-0.15, -0.1) is 0 Å². The highest BCUT2D eigenvalue weighted by molar-refractivity contribution is 6.31. The Morgan fingerprint density at radius 1 is 1.29 bits per heavy atom. The van der Waals surface area contributed by atoms with Crippen molar-refractivity contribution in [1.82, 2.24) is 15.1 Å². The lowest BCUT2D eigenvalue weighted by molar-refractivity contribution is 0.519. The predicted octanol–water partition coefficient (Wildman–Crippen LogP) is 4.61. The Bertz CT molecular complexity index is 608. The number of hydrogen-bond donors (Lipinski definition) is 1. The Hall–Kier alpha value is -1.03. The second-order valence-corrected chi connectivity index (χ2v) is 5.94. The van der Waals surface area contributed by atoms with Gasteiger partial charge in [0.1, 0.15) is 0 Å². The third-order valence-corrected chi connectivity index (χ3v) is 4.03. The molecule has 0 spiro atoms. The molecule has 0 aliphatic heterocycles. The van der Waals surface area contributed by atoms with Crippen molar-refractivity contribution in [3.8, 4) is 0 Å². The number of nitrogens with zero attached hydrogens (tertiary/aromatic N) is 2. The summed E-state index contributed by atoms with van der Waals surface area (Å²) < 4.78 is 1.98. The molecule has 0 radical (unpaired) electrons. The third-order valence-electron chi connectivity index (χ3n) is 3.50. The van der Waals surface area contributed by atoms with Gasteiger partial charge in [0, 0.05) is 11.6 Å². The first-order valence-corrected chi connectivity index (χ1v) is 8.04. The van der Waals surface area contributed by atoms with E-state index in [0.717, 1.165) is 35.8 Å². The van der Waals surface area contributed by atoms with E-state index in [1.54, 1.807) is 6.20 Å². The van der Waals surface area contributed by atoms with Crippen LogP contribution < -0.4 is 5.32 Å². The Morgan fingerprint density at radius 3 is 2.71 bits per heavy atom. The number of rotatable bonds is 6. The fraction of sp³-hybridized carbons (Fsp3) is 0.438. The van der Waals surface area contributed by atoms with Gasteiger partial charge < -0.3 is 5.32 Å². The average molecular weight is 326 g/mol. The first-order chi connectivity index (χ1) is 10.1. The minimum Gasteiger partial charge on any atom is -0.305 e. The fourth-order valence-corrected chi connectivity index (χ4v) is 2.96. The number of aromatic nitrogens is 2. The maximum absolute atomic E-state index is 6.40. The molecule has 2 rings (SSSR count). The number of benzene rings is 1. The normalized spacial score (nSPS) is 12.6. The molecule has 0 saturated heterocycles. The maximum Gasteiger partial charge on any atom is 0.0837 e. The van der Waals surface area contributed by atoms with Gasteiger partial charge in [0.2, 0.25) is 0 Å². The maximum atomic E-state index is 6.40. The summed E-state index contributed by atoms with van der Waals surface area (Å²) in [6.07, 6.45) is 2.73. The Labute approximate surface area is 136 Å². The van der Waals surface area contributed by atoms with Crippen LogP contribution in [0.3, 0.4) is 0 Å². The summed E-state index contributed by atoms with van der Waals surface area (Å²) in [5.74, 6) is 0. The largest absolute Gasteiger partial charge is 0.305 e. The van der Waals surface area contributed by atoms with Crippen LogP contribution in [0.5, 0.6) is 0 Å². The molecule has 0 fully saturated rings. The van der Waals surface area contributed by atoms with E-state index >= 15 is 0 Å². The lowest BCUT2D eigenvalue weighted by atomic mass is 9.98. The average Bonchev–Trinajstić information content (AvgIpc) is 2.81. The molecule has 1 N–H and O–H groups in total. The Balaban J connectivity index is 2.53. The van der Waals surface area contributed by atoms with E-state index in [-0.39, 0.29) is 6.04 Å². The molecule has 21 heavy (non-hydrogen) atoms. The van der Waals surface area contributed by atoms with Crippen molar-refractivity contribution in [2.24, 2.45) is 0 Å². The molecule has 0 aliphatic rings. The molecule has 1 heterocycles. The molecular formula is C16H21Cl2N3. The van der Waals surface area contributed by atoms with Crippen molar-refractivity contribution < 1.29 is 0 Å². The summed E-state index contributed by atoms with van der Waals surface area (Å²) in [5, 5.41) is 9.32. The standard InChI is InChI=1S/C16H21Cl2N3/c1-4-8-21-16(14(18)10-20-21)15(19-5-2)13-9-12(17)7-6-11(13)3/h6-7,9-10,15,19H,4-5,8H2,1-3H3. The van der Waals surface area contributed by atoms with Gasteiger partial charge in [-0.1, -0.05) is 43.1 Å². The van der Waals surface area contributed by atoms with E-state index in [4.69, 9.17) is 23.2 Å². The van der Waals surface area contributed by atoms with E-state index in [1.807, 2.05) is 22.9 Å². The van der Waals surface area contributed by atoms with E-state index in [9.17, 15) is 0 Å². The lowest BCUT2D eigenvalue weighted by Gasteiger charge is -2.22. The molecule has 0 amide bonds. The van der Waals surface area contributed by atoms with Crippen molar-refractivity contribution >= 4 is 23.2 Å². The zero-order valence-corrected chi connectivity index (χ0v) is 14.2. The van der Waals surface area contributed by atoms with Gasteiger partial charge in [0.25, 0.3) is 0 Å². The van der Waals surface area contributed by atoms with Gasteiger partial charge in [-0.2, -0.15) is 5.10 Å². The molecule has 1 atom stereocenters. The van der Waals surface area contributed by atoms with Crippen LogP contribution in [0.25, 0.3) is 0 Å². The lowest BCUT2D eigenvalue weighted by Crippen LogP contribution is -2.26. The topological polar surface area (TPSA) is 29.9 Å². The van der Waals surface area contributed by atoms with E-state index in [2.05, 4.69) is 31.2 Å². The van der Waals surface area contributed by atoms with Crippen molar-refractivity contribution in [3.63, 3.8) is 0 Å². The minimum absolute atomic E-state index is 0.00440. The predicted molar refractivity (Wildman–Crippen MR) is 89.2 cm³/mol. The Morgan fingerprint density at radius 2 is 2.05 bits per heavy atom. The van der Waals surface area contributed by atoms with Crippen molar-refractivity contribution in [2.45, 2.75) is 39.8 Å². The van der Waals surface area contributed by atoms with Crippen LogP contribution in [0.1, 0.15) is 43.1 Å². The molecular weight excluding hydrogens is 305 g/mol. The van der Waals surface area contributed by atoms with Gasteiger partial charge in [-0.3, -0.25) is 4.68 Å². The smallest absolute Gasteiger partial charge is 0.0837 e. The summed E-state index contributed by atoms with van der Waals surface area (Å²) in [5.41, 5.74) is 3.33. The van der Waals surface area contributed by atoms with E-state index < -0.39 is 0 Å². The first kappa shape index (κ1) is 16.3. The van der Waals surface area contributed by atoms with Crippen LogP contribution in [0.4, 0.5) is 0 Å². The van der Waals surface area contributed by atoms with Gasteiger partial charge in [0.05, 0.1) is 23.0 Å². The van der Waals surface area contributed by atoms with Gasteiger partial charge >= 0.3 is 0 Å². The summed E-state index contributed by atoms with van der Waals surface area (Å²) >= 11 is 12.6. The van der Waals surface area contributed by atoms with Crippen LogP contribution in [0.15, 0.2) is 24.4 Å². The molecule has 0 aliphatic carbocycles. The number of hydrogen-bond acceptors (Lipinski definition) is 2. The van der Waals surface area contributed by atoms with Gasteiger partial charge in [-0.05, 0) is 43.1 Å². The van der Waals surface area contributed by atoms with Crippen LogP contribution in [0, 0.1) is 6.92 Å². The summed E-state index contributed by atoms with van der Waals surface area (Å²) in [4.78, 5) is 0. The van der Waals surface area contributed by atoms with Gasteiger partial charge in [0.15, 0.2) is 0 Å². The second-order valence-electron chi connectivity index (χ2n) is 5.09.